The van der Waals surface area contributed by atoms with Crippen LogP contribution in [0.25, 0.3) is 0 Å². The van der Waals surface area contributed by atoms with Crippen LogP contribution in [0.5, 0.6) is 0 Å². The Bertz CT molecular complexity index is 219. The Balaban J connectivity index is 2.54. The van der Waals surface area contributed by atoms with Gasteiger partial charge in [-0.15, -0.1) is 0 Å². The van der Waals surface area contributed by atoms with Crippen molar-refractivity contribution >= 4 is 5.84 Å². The fraction of sp³-hybridized carbons (Fsp3) is 0.923. The normalized spacial score (nSPS) is 19.1. The van der Waals surface area contributed by atoms with Crippen molar-refractivity contribution in [1.29, 1.82) is 5.41 Å². The number of likely N-dealkylation sites (N-methyl/N-ethyl adjacent to an activating group) is 2. The molecule has 1 N–H and O–H groups in total. The molecule has 1 rings (SSSR count). The summed E-state index contributed by atoms with van der Waals surface area (Å²) in [4.78, 5) is 4.48. The zero-order valence-corrected chi connectivity index (χ0v) is 11.3. The van der Waals surface area contributed by atoms with Crippen molar-refractivity contribution in [2.24, 2.45) is 5.92 Å². The molecular weight excluding hydrogens is 198 g/mol. The second kappa shape index (κ2) is 6.24. The summed E-state index contributed by atoms with van der Waals surface area (Å²) < 4.78 is 0. The van der Waals surface area contributed by atoms with Gasteiger partial charge in [-0.3, -0.25) is 5.41 Å². The predicted molar refractivity (Wildman–Crippen MR) is 70.1 cm³/mol. The second-order valence-electron chi connectivity index (χ2n) is 5.26. The lowest BCUT2D eigenvalue weighted by Gasteiger charge is -2.34. The third kappa shape index (κ3) is 3.48. The van der Waals surface area contributed by atoms with Crippen molar-refractivity contribution in [3.63, 3.8) is 0 Å². The van der Waals surface area contributed by atoms with Crippen LogP contribution < -0.4 is 0 Å². The molecule has 0 spiro atoms. The summed E-state index contributed by atoms with van der Waals surface area (Å²) in [7, 11) is 4.20. The highest BCUT2D eigenvalue weighted by molar-refractivity contribution is 5.82. The third-order valence-corrected chi connectivity index (χ3v) is 3.55. The van der Waals surface area contributed by atoms with Crippen LogP contribution in [0.1, 0.15) is 39.5 Å². The average Bonchev–Trinajstić information content (AvgIpc) is 2.69. The molecule has 0 amide bonds. The highest BCUT2D eigenvalue weighted by Gasteiger charge is 2.25. The van der Waals surface area contributed by atoms with Crippen LogP contribution in [0, 0.1) is 11.3 Å². The van der Waals surface area contributed by atoms with Gasteiger partial charge in [-0.25, -0.2) is 0 Å². The zero-order chi connectivity index (χ0) is 12.1. The second-order valence-corrected chi connectivity index (χ2v) is 5.26. The van der Waals surface area contributed by atoms with Crippen molar-refractivity contribution in [3.8, 4) is 0 Å². The molecule has 0 aromatic carbocycles. The highest BCUT2D eigenvalue weighted by atomic mass is 15.2. The van der Waals surface area contributed by atoms with Crippen molar-refractivity contribution in [2.45, 2.75) is 45.6 Å². The van der Waals surface area contributed by atoms with Crippen LogP contribution in [0.4, 0.5) is 0 Å². The van der Waals surface area contributed by atoms with Gasteiger partial charge in [-0.2, -0.15) is 0 Å². The van der Waals surface area contributed by atoms with E-state index in [9.17, 15) is 0 Å². The molecule has 0 aliphatic heterocycles. The van der Waals surface area contributed by atoms with E-state index >= 15 is 0 Å². The number of nitrogens with zero attached hydrogens (tertiary/aromatic N) is 2. The first-order valence-corrected chi connectivity index (χ1v) is 6.56. The Morgan fingerprint density at radius 1 is 1.31 bits per heavy atom. The van der Waals surface area contributed by atoms with Crippen LogP contribution in [-0.2, 0) is 0 Å². The van der Waals surface area contributed by atoms with E-state index < -0.39 is 0 Å². The van der Waals surface area contributed by atoms with Crippen molar-refractivity contribution < 1.29 is 0 Å². The van der Waals surface area contributed by atoms with E-state index in [0.717, 1.165) is 18.9 Å². The van der Waals surface area contributed by atoms with Crippen LogP contribution in [0.2, 0.25) is 0 Å². The number of amidine groups is 1. The Morgan fingerprint density at radius 3 is 2.31 bits per heavy atom. The summed E-state index contributed by atoms with van der Waals surface area (Å²) in [5.41, 5.74) is 0. The van der Waals surface area contributed by atoms with Gasteiger partial charge >= 0.3 is 0 Å². The lowest BCUT2D eigenvalue weighted by molar-refractivity contribution is 0.254. The van der Waals surface area contributed by atoms with E-state index in [0.29, 0.717) is 12.0 Å². The summed E-state index contributed by atoms with van der Waals surface area (Å²) in [6, 6.07) is 0.452. The Hall–Kier alpha value is -0.570. The molecule has 3 nitrogen and oxygen atoms in total. The standard InChI is InChI=1S/C13H27N3/c1-5-16(11(2)10-15(3)4)13(14)12-8-6-7-9-12/h11-12,14H,5-10H2,1-4H3. The zero-order valence-electron chi connectivity index (χ0n) is 11.3. The van der Waals surface area contributed by atoms with Crippen molar-refractivity contribution in [3.05, 3.63) is 0 Å². The van der Waals surface area contributed by atoms with E-state index in [-0.39, 0.29) is 0 Å². The van der Waals surface area contributed by atoms with Gasteiger partial charge < -0.3 is 9.80 Å². The summed E-state index contributed by atoms with van der Waals surface area (Å²) in [6.45, 7) is 6.38. The van der Waals surface area contributed by atoms with Crippen LogP contribution in [0.15, 0.2) is 0 Å². The molecule has 94 valence electrons. The minimum absolute atomic E-state index is 0.452. The van der Waals surface area contributed by atoms with E-state index in [4.69, 9.17) is 5.41 Å². The van der Waals surface area contributed by atoms with Gasteiger partial charge in [-0.1, -0.05) is 12.8 Å². The molecular formula is C13H27N3. The monoisotopic (exact) mass is 225 g/mol. The molecule has 1 aliphatic carbocycles. The fourth-order valence-corrected chi connectivity index (χ4v) is 2.78. The van der Waals surface area contributed by atoms with Gasteiger partial charge in [0.05, 0.1) is 5.84 Å². The smallest absolute Gasteiger partial charge is 0.0992 e. The molecule has 1 unspecified atom stereocenters. The van der Waals surface area contributed by atoms with E-state index in [1.54, 1.807) is 0 Å². The van der Waals surface area contributed by atoms with Crippen LogP contribution in [0.3, 0.4) is 0 Å². The molecule has 0 saturated heterocycles. The van der Waals surface area contributed by atoms with Gasteiger partial charge in [-0.05, 0) is 40.8 Å². The van der Waals surface area contributed by atoms with Crippen LogP contribution in [-0.4, -0.2) is 48.9 Å². The lowest BCUT2D eigenvalue weighted by Crippen LogP contribution is -2.45. The van der Waals surface area contributed by atoms with E-state index in [2.05, 4.69) is 37.7 Å². The number of nitrogens with one attached hydrogen (secondary N) is 1. The Kier molecular flexibility index (Phi) is 5.26. The van der Waals surface area contributed by atoms with Gasteiger partial charge in [0.1, 0.15) is 0 Å². The fourth-order valence-electron chi connectivity index (χ4n) is 2.78. The first-order chi connectivity index (χ1) is 7.56. The molecule has 0 heterocycles. The topological polar surface area (TPSA) is 30.3 Å². The average molecular weight is 225 g/mol. The molecule has 1 aliphatic rings. The molecule has 16 heavy (non-hydrogen) atoms. The number of hydrogen-bond donors (Lipinski definition) is 1. The van der Waals surface area contributed by atoms with Crippen molar-refractivity contribution in [2.75, 3.05) is 27.2 Å². The largest absolute Gasteiger partial charge is 0.357 e. The van der Waals surface area contributed by atoms with Crippen LogP contribution >= 0.6 is 0 Å². The van der Waals surface area contributed by atoms with Gasteiger partial charge in [0.15, 0.2) is 0 Å². The maximum absolute atomic E-state index is 8.33. The predicted octanol–water partition coefficient (Wildman–Crippen LogP) is 2.43. The number of hydrogen-bond acceptors (Lipinski definition) is 2. The minimum Gasteiger partial charge on any atom is -0.357 e. The molecule has 0 radical (unpaired) electrons. The highest BCUT2D eigenvalue weighted by Crippen LogP contribution is 2.27. The first kappa shape index (κ1) is 13.5. The maximum Gasteiger partial charge on any atom is 0.0992 e. The first-order valence-electron chi connectivity index (χ1n) is 6.56. The quantitative estimate of drug-likeness (QED) is 0.575. The summed E-state index contributed by atoms with van der Waals surface area (Å²) >= 11 is 0. The van der Waals surface area contributed by atoms with Crippen molar-refractivity contribution in [1.82, 2.24) is 9.80 Å². The Morgan fingerprint density at radius 2 is 1.88 bits per heavy atom. The molecule has 0 aromatic rings. The molecule has 3 heteroatoms. The summed E-state index contributed by atoms with van der Waals surface area (Å²) in [5.74, 6) is 1.42. The van der Waals surface area contributed by atoms with E-state index in [1.165, 1.54) is 25.7 Å². The maximum atomic E-state index is 8.33. The molecule has 0 aromatic heterocycles. The van der Waals surface area contributed by atoms with Gasteiger partial charge in [0.25, 0.3) is 0 Å². The molecule has 1 fully saturated rings. The number of rotatable bonds is 5. The minimum atomic E-state index is 0.452. The summed E-state index contributed by atoms with van der Waals surface area (Å²) in [6.07, 6.45) is 5.08. The molecule has 0 bridgehead atoms. The van der Waals surface area contributed by atoms with Gasteiger partial charge in [0.2, 0.25) is 0 Å². The lowest BCUT2D eigenvalue weighted by atomic mass is 10.0. The van der Waals surface area contributed by atoms with Gasteiger partial charge in [0, 0.05) is 25.0 Å². The third-order valence-electron chi connectivity index (χ3n) is 3.55. The van der Waals surface area contributed by atoms with E-state index in [1.807, 2.05) is 0 Å². The molecule has 1 saturated carbocycles. The Labute approximate surface area is 100 Å². The SMILES string of the molecule is CCN(C(=N)C1CCCC1)C(C)CN(C)C. The molecule has 1 atom stereocenters. The summed E-state index contributed by atoms with van der Waals surface area (Å²) in [5, 5.41) is 8.33.